The highest BCUT2D eigenvalue weighted by molar-refractivity contribution is 5.48. The number of aliphatic hydroxyl groups is 1. The van der Waals surface area contributed by atoms with Gasteiger partial charge in [0, 0.05) is 6.42 Å². The predicted molar refractivity (Wildman–Crippen MR) is 65.4 cm³/mol. The minimum absolute atomic E-state index is 0.0629. The maximum atomic E-state index is 9.17. The smallest absolute Gasteiger partial charge is 0.161 e. The Morgan fingerprint density at radius 1 is 1.29 bits per heavy atom. The molecule has 3 N–H and O–H groups in total. The zero-order valence-electron chi connectivity index (χ0n) is 10.1. The molecule has 0 saturated carbocycles. The van der Waals surface area contributed by atoms with Gasteiger partial charge in [0.1, 0.15) is 0 Å². The third-order valence-corrected chi connectivity index (χ3v) is 2.99. The van der Waals surface area contributed by atoms with Gasteiger partial charge in [-0.15, -0.1) is 0 Å². The van der Waals surface area contributed by atoms with E-state index in [-0.39, 0.29) is 12.6 Å². The summed E-state index contributed by atoms with van der Waals surface area (Å²) in [6, 6.07) is 3.52. The Labute approximate surface area is 101 Å². The summed E-state index contributed by atoms with van der Waals surface area (Å²) in [7, 11) is 0. The molecule has 0 fully saturated rings. The quantitative estimate of drug-likeness (QED) is 0.834. The molecule has 17 heavy (non-hydrogen) atoms. The Bertz CT molecular complexity index is 392. The number of fused-ring (bicyclic) bond motifs is 1. The summed E-state index contributed by atoms with van der Waals surface area (Å²) in [6.45, 7) is 3.34. The first-order valence-electron chi connectivity index (χ1n) is 6.05. The van der Waals surface area contributed by atoms with Crippen molar-refractivity contribution in [1.82, 2.24) is 0 Å². The van der Waals surface area contributed by atoms with Gasteiger partial charge in [0.15, 0.2) is 11.5 Å². The number of nitrogens with two attached hydrogens (primary N) is 1. The van der Waals surface area contributed by atoms with Crippen LogP contribution < -0.4 is 15.2 Å². The van der Waals surface area contributed by atoms with Gasteiger partial charge in [-0.05, 0) is 29.7 Å². The molecule has 0 amide bonds. The molecule has 0 bridgehead atoms. The van der Waals surface area contributed by atoms with E-state index < -0.39 is 0 Å². The normalized spacial score (nSPS) is 16.4. The lowest BCUT2D eigenvalue weighted by atomic mass is 9.98. The van der Waals surface area contributed by atoms with Gasteiger partial charge in [-0.2, -0.15) is 0 Å². The Balaban J connectivity index is 2.42. The lowest BCUT2D eigenvalue weighted by molar-refractivity contribution is 0.266. The Morgan fingerprint density at radius 3 is 2.53 bits per heavy atom. The predicted octanol–water partition coefficient (Wildman–Crippen LogP) is 1.40. The zero-order chi connectivity index (χ0) is 12.3. The molecule has 4 heteroatoms. The van der Waals surface area contributed by atoms with Crippen molar-refractivity contribution in [3.63, 3.8) is 0 Å². The zero-order valence-corrected chi connectivity index (χ0v) is 10.1. The topological polar surface area (TPSA) is 64.7 Å². The van der Waals surface area contributed by atoms with Gasteiger partial charge in [-0.1, -0.05) is 6.92 Å². The molecule has 0 saturated heterocycles. The van der Waals surface area contributed by atoms with Crippen LogP contribution >= 0.6 is 0 Å². The van der Waals surface area contributed by atoms with Crippen LogP contribution in [0.25, 0.3) is 0 Å². The lowest BCUT2D eigenvalue weighted by Crippen LogP contribution is -2.16. The molecule has 2 rings (SSSR count). The highest BCUT2D eigenvalue weighted by Gasteiger charge is 2.17. The first-order valence-corrected chi connectivity index (χ1v) is 6.05. The second-order valence-corrected chi connectivity index (χ2v) is 4.19. The molecule has 4 nitrogen and oxygen atoms in total. The highest BCUT2D eigenvalue weighted by atomic mass is 16.5. The van der Waals surface area contributed by atoms with Gasteiger partial charge in [-0.25, -0.2) is 0 Å². The molecular weight excluding hydrogens is 218 g/mol. The van der Waals surface area contributed by atoms with E-state index >= 15 is 0 Å². The van der Waals surface area contributed by atoms with Crippen LogP contribution in [-0.2, 0) is 6.42 Å². The van der Waals surface area contributed by atoms with Crippen LogP contribution in [0.5, 0.6) is 11.5 Å². The average Bonchev–Trinajstić information content (AvgIpc) is 2.60. The molecule has 1 heterocycles. The van der Waals surface area contributed by atoms with E-state index in [0.29, 0.717) is 13.2 Å². The van der Waals surface area contributed by atoms with Gasteiger partial charge in [0.2, 0.25) is 0 Å². The molecule has 1 unspecified atom stereocenters. The number of ether oxygens (including phenoxy) is 2. The standard InChI is InChI=1S/C13H19NO3/c1-2-9-6-12-13(17-5-3-4-16-12)7-10(9)11(14)8-15/h6-7,11,15H,2-5,8,14H2,1H3. The summed E-state index contributed by atoms with van der Waals surface area (Å²) in [5, 5.41) is 9.17. The van der Waals surface area contributed by atoms with E-state index in [1.165, 1.54) is 0 Å². The third-order valence-electron chi connectivity index (χ3n) is 2.99. The van der Waals surface area contributed by atoms with Crippen molar-refractivity contribution in [2.24, 2.45) is 5.73 Å². The monoisotopic (exact) mass is 237 g/mol. The Morgan fingerprint density at radius 2 is 1.94 bits per heavy atom. The minimum Gasteiger partial charge on any atom is -0.490 e. The Hall–Kier alpha value is -1.26. The van der Waals surface area contributed by atoms with Crippen molar-refractivity contribution in [2.45, 2.75) is 25.8 Å². The second-order valence-electron chi connectivity index (χ2n) is 4.19. The number of rotatable bonds is 3. The van der Waals surface area contributed by atoms with Crippen LogP contribution in [0.4, 0.5) is 0 Å². The molecule has 1 atom stereocenters. The van der Waals surface area contributed by atoms with Gasteiger partial charge in [-0.3, -0.25) is 0 Å². The van der Waals surface area contributed by atoms with E-state index in [1.54, 1.807) is 0 Å². The van der Waals surface area contributed by atoms with Crippen LogP contribution in [0.2, 0.25) is 0 Å². The summed E-state index contributed by atoms with van der Waals surface area (Å²) in [6.07, 6.45) is 1.75. The summed E-state index contributed by atoms with van der Waals surface area (Å²) in [4.78, 5) is 0. The van der Waals surface area contributed by atoms with Crippen LogP contribution in [0, 0.1) is 0 Å². The van der Waals surface area contributed by atoms with Gasteiger partial charge in [0.25, 0.3) is 0 Å². The fourth-order valence-corrected chi connectivity index (χ4v) is 2.02. The highest BCUT2D eigenvalue weighted by Crippen LogP contribution is 2.34. The molecule has 1 aromatic rings. The fourth-order valence-electron chi connectivity index (χ4n) is 2.02. The average molecular weight is 237 g/mol. The van der Waals surface area contributed by atoms with E-state index in [2.05, 4.69) is 6.92 Å². The second kappa shape index (κ2) is 5.38. The van der Waals surface area contributed by atoms with E-state index in [1.807, 2.05) is 12.1 Å². The number of hydrogen-bond donors (Lipinski definition) is 2. The van der Waals surface area contributed by atoms with Crippen molar-refractivity contribution < 1.29 is 14.6 Å². The minimum atomic E-state index is -0.359. The van der Waals surface area contributed by atoms with Gasteiger partial charge >= 0.3 is 0 Å². The number of aryl methyl sites for hydroxylation is 1. The molecular formula is C13H19NO3. The first-order chi connectivity index (χ1) is 8.26. The summed E-state index contributed by atoms with van der Waals surface area (Å²) >= 11 is 0. The largest absolute Gasteiger partial charge is 0.490 e. The van der Waals surface area contributed by atoms with Crippen molar-refractivity contribution in [1.29, 1.82) is 0 Å². The molecule has 0 aromatic heterocycles. The number of hydrogen-bond acceptors (Lipinski definition) is 4. The van der Waals surface area contributed by atoms with Crippen molar-refractivity contribution >= 4 is 0 Å². The van der Waals surface area contributed by atoms with E-state index in [4.69, 9.17) is 15.2 Å². The van der Waals surface area contributed by atoms with Crippen molar-refractivity contribution in [3.05, 3.63) is 23.3 Å². The molecule has 0 aliphatic carbocycles. The lowest BCUT2D eigenvalue weighted by Gasteiger charge is -2.17. The van der Waals surface area contributed by atoms with Crippen molar-refractivity contribution in [2.75, 3.05) is 19.8 Å². The molecule has 1 aliphatic rings. The van der Waals surface area contributed by atoms with Crippen LogP contribution in [0.3, 0.4) is 0 Å². The summed E-state index contributed by atoms with van der Waals surface area (Å²) < 4.78 is 11.3. The number of benzene rings is 1. The Kier molecular flexibility index (Phi) is 3.86. The van der Waals surface area contributed by atoms with Gasteiger partial charge in [0.05, 0.1) is 25.9 Å². The SMILES string of the molecule is CCc1cc2c(cc1C(N)CO)OCCCO2. The molecule has 0 radical (unpaired) electrons. The maximum Gasteiger partial charge on any atom is 0.161 e. The van der Waals surface area contributed by atoms with E-state index in [0.717, 1.165) is 35.5 Å². The van der Waals surface area contributed by atoms with Crippen LogP contribution in [0.15, 0.2) is 12.1 Å². The number of aliphatic hydroxyl groups excluding tert-OH is 1. The third kappa shape index (κ3) is 2.53. The van der Waals surface area contributed by atoms with E-state index in [9.17, 15) is 5.11 Å². The summed E-state index contributed by atoms with van der Waals surface area (Å²) in [5.74, 6) is 1.52. The van der Waals surface area contributed by atoms with Gasteiger partial charge < -0.3 is 20.3 Å². The molecule has 94 valence electrons. The van der Waals surface area contributed by atoms with Crippen LogP contribution in [0.1, 0.15) is 30.5 Å². The fraction of sp³-hybridized carbons (Fsp3) is 0.538. The van der Waals surface area contributed by atoms with Crippen molar-refractivity contribution in [3.8, 4) is 11.5 Å². The molecule has 1 aromatic carbocycles. The first kappa shape index (κ1) is 12.2. The molecule has 1 aliphatic heterocycles. The van der Waals surface area contributed by atoms with Crippen LogP contribution in [-0.4, -0.2) is 24.9 Å². The molecule has 0 spiro atoms. The summed E-state index contributed by atoms with van der Waals surface area (Å²) in [5.41, 5.74) is 7.95. The maximum absolute atomic E-state index is 9.17.